The first-order chi connectivity index (χ1) is 37.1. The summed E-state index contributed by atoms with van der Waals surface area (Å²) < 4.78 is 68.2. The fraction of sp³-hybridized carbons (Fsp3) is 0.375. The first kappa shape index (κ1) is 54.2. The first-order valence-electron chi connectivity index (χ1n) is 25.1. The molecular formula is C56H60ClFN6O11S. The molecule has 0 saturated carbocycles. The topological polar surface area (TPSA) is 178 Å². The van der Waals surface area contributed by atoms with Gasteiger partial charge in [0.25, 0.3) is 0 Å². The van der Waals surface area contributed by atoms with Crippen LogP contribution in [-0.2, 0) is 36.8 Å². The number of carbonyl (C=O) groups is 1. The molecule has 0 radical (unpaired) electrons. The summed E-state index contributed by atoms with van der Waals surface area (Å²) in [5.74, 6) is 0.821. The van der Waals surface area contributed by atoms with E-state index >= 15 is 0 Å². The fourth-order valence-electron chi connectivity index (χ4n) is 8.98. The van der Waals surface area contributed by atoms with Crippen LogP contribution in [0, 0.1) is 12.7 Å². The van der Waals surface area contributed by atoms with Gasteiger partial charge in [0.05, 0.1) is 75.0 Å². The van der Waals surface area contributed by atoms with Crippen LogP contribution in [0.2, 0.25) is 5.02 Å². The SMILES string of the molecule is COCCOCCOCCOCCN1CCN(C[C@@H]2COc3ccc(OCc4ccnc(-c5ccccc5OC)n4)c(c3)C[C@H](C(=O)O)Oc3ncnc4sc(-c5ccc(F)cc5)c(c34)-c3ccc(c(Cl)c3C)O2)CC1. The van der Waals surface area contributed by atoms with Gasteiger partial charge in [0.15, 0.2) is 5.82 Å². The molecule has 0 unspecified atom stereocenters. The predicted molar refractivity (Wildman–Crippen MR) is 286 cm³/mol. The molecule has 1 N–H and O–H groups in total. The molecule has 1 saturated heterocycles. The van der Waals surface area contributed by atoms with Crippen LogP contribution in [0.3, 0.4) is 0 Å². The molecular weight excluding hydrogens is 1020 g/mol. The third-order valence-electron chi connectivity index (χ3n) is 13.0. The van der Waals surface area contributed by atoms with Gasteiger partial charge in [-0.2, -0.15) is 0 Å². The van der Waals surface area contributed by atoms with Crippen LogP contribution in [0.25, 0.3) is 43.2 Å². The zero-order valence-electron chi connectivity index (χ0n) is 42.6. The molecule has 6 heterocycles. The van der Waals surface area contributed by atoms with Crippen molar-refractivity contribution in [2.45, 2.75) is 32.2 Å². The largest absolute Gasteiger partial charge is 0.496 e. The number of aromatic nitrogens is 4. The monoisotopic (exact) mass is 1080 g/mol. The Morgan fingerprint density at radius 1 is 0.829 bits per heavy atom. The number of aliphatic carboxylic acids is 1. The van der Waals surface area contributed by atoms with E-state index < -0.39 is 18.2 Å². The molecule has 10 rings (SSSR count). The van der Waals surface area contributed by atoms with Crippen LogP contribution >= 0.6 is 22.9 Å². The zero-order chi connectivity index (χ0) is 52.8. The maximum Gasteiger partial charge on any atom is 0.345 e. The van der Waals surface area contributed by atoms with Crippen molar-refractivity contribution in [2.75, 3.05) is 106 Å². The molecule has 7 aromatic rings. The molecule has 20 heteroatoms. The average molecular weight is 1080 g/mol. The molecule has 1 fully saturated rings. The highest BCUT2D eigenvalue weighted by molar-refractivity contribution is 7.22. The Labute approximate surface area is 449 Å². The minimum atomic E-state index is -1.46. The number of thiophene rings is 1. The second kappa shape index (κ2) is 26.5. The Morgan fingerprint density at radius 3 is 2.34 bits per heavy atom. The first-order valence-corrected chi connectivity index (χ1v) is 26.2. The van der Waals surface area contributed by atoms with Crippen LogP contribution < -0.4 is 23.7 Å². The van der Waals surface area contributed by atoms with E-state index in [1.54, 1.807) is 56.8 Å². The van der Waals surface area contributed by atoms with Crippen molar-refractivity contribution in [1.29, 1.82) is 0 Å². The van der Waals surface area contributed by atoms with E-state index in [0.29, 0.717) is 130 Å². The van der Waals surface area contributed by atoms with E-state index in [1.807, 2.05) is 43.3 Å². The number of fused-ring (bicyclic) bond motifs is 7. The van der Waals surface area contributed by atoms with Crippen molar-refractivity contribution in [3.05, 3.63) is 125 Å². The Balaban J connectivity index is 0.993. The van der Waals surface area contributed by atoms with Crippen molar-refractivity contribution in [3.63, 3.8) is 0 Å². The number of benzene rings is 4. The maximum absolute atomic E-state index is 14.4. The second-order valence-corrected chi connectivity index (χ2v) is 19.4. The molecule has 17 nitrogen and oxygen atoms in total. The van der Waals surface area contributed by atoms with E-state index in [-0.39, 0.29) is 31.3 Å². The highest BCUT2D eigenvalue weighted by Gasteiger charge is 2.30. The smallest absolute Gasteiger partial charge is 0.345 e. The normalized spacial score (nSPS) is 16.2. The quantitative estimate of drug-likeness (QED) is 0.0675. The number of para-hydroxylation sites is 1. The van der Waals surface area contributed by atoms with E-state index in [1.165, 1.54) is 29.8 Å². The third-order valence-corrected chi connectivity index (χ3v) is 14.6. The zero-order valence-corrected chi connectivity index (χ0v) is 44.2. The van der Waals surface area contributed by atoms with Gasteiger partial charge in [-0.25, -0.2) is 29.1 Å². The number of halogens is 2. The van der Waals surface area contributed by atoms with Gasteiger partial charge in [-0.05, 0) is 78.2 Å². The number of carboxylic acids is 1. The molecule has 3 aliphatic rings. The number of hydrogen-bond acceptors (Lipinski definition) is 17. The number of hydrogen-bond donors (Lipinski definition) is 1. The van der Waals surface area contributed by atoms with Crippen molar-refractivity contribution in [3.8, 4) is 61.8 Å². The highest BCUT2D eigenvalue weighted by atomic mass is 35.5. The molecule has 76 heavy (non-hydrogen) atoms. The molecule has 4 bridgehead atoms. The summed E-state index contributed by atoms with van der Waals surface area (Å²) in [4.78, 5) is 37.8. The van der Waals surface area contributed by atoms with Gasteiger partial charge in [-0.15, -0.1) is 11.3 Å². The second-order valence-electron chi connectivity index (χ2n) is 18.0. The molecule has 0 amide bonds. The lowest BCUT2D eigenvalue weighted by atomic mass is 9.96. The summed E-state index contributed by atoms with van der Waals surface area (Å²) in [5.41, 5.74) is 4.57. The van der Waals surface area contributed by atoms with E-state index in [4.69, 9.17) is 59.2 Å². The summed E-state index contributed by atoms with van der Waals surface area (Å²) in [7, 11) is 3.24. The summed E-state index contributed by atoms with van der Waals surface area (Å²) in [6, 6.07) is 24.4. The molecule has 3 aliphatic heterocycles. The van der Waals surface area contributed by atoms with Gasteiger partial charge in [0.1, 0.15) is 59.3 Å². The molecule has 2 atom stereocenters. The van der Waals surface area contributed by atoms with Crippen LogP contribution in [0.5, 0.6) is 28.9 Å². The fourth-order valence-corrected chi connectivity index (χ4v) is 10.3. The summed E-state index contributed by atoms with van der Waals surface area (Å²) in [6.45, 7) is 10.4. The highest BCUT2D eigenvalue weighted by Crippen LogP contribution is 2.50. The standard InChI is InChI=1S/C56H60ClFN6O11S/c1-36-43-13-15-47(51(36)57)74-42(32-64-20-18-63(19-21-64)22-23-69-26-27-71-29-28-70-25-24-67-2)34-72-41-12-14-45(73-33-40-16-17-59-53(62-40)44-6-4-5-7-46(44)68-3)38(30-41)31-48(56(65)66)75-54-50-49(43)52(76-55(50)61-35-60-54)37-8-10-39(58)11-9-37/h4-17,30,35,42,48H,18-29,31-34H2,1-3H3,(H,65,66)/t42-,48-/m1/s1. The predicted octanol–water partition coefficient (Wildman–Crippen LogP) is 8.70. The van der Waals surface area contributed by atoms with Gasteiger partial charge in [0, 0.05) is 75.0 Å². The Hall–Kier alpha value is -6.55. The number of piperazine rings is 1. The lowest BCUT2D eigenvalue weighted by molar-refractivity contribution is -0.145. The number of methoxy groups -OCH3 is 2. The summed E-state index contributed by atoms with van der Waals surface area (Å²) >= 11 is 8.67. The minimum Gasteiger partial charge on any atom is -0.496 e. The van der Waals surface area contributed by atoms with E-state index in [9.17, 15) is 14.3 Å². The number of carboxylic acid groups (broad SMARTS) is 1. The van der Waals surface area contributed by atoms with Gasteiger partial charge in [-0.3, -0.25) is 9.80 Å². The van der Waals surface area contributed by atoms with Crippen molar-refractivity contribution in [2.24, 2.45) is 0 Å². The van der Waals surface area contributed by atoms with Crippen molar-refractivity contribution >= 4 is 39.1 Å². The van der Waals surface area contributed by atoms with E-state index in [2.05, 4.69) is 24.8 Å². The van der Waals surface area contributed by atoms with Crippen LogP contribution in [-0.4, -0.2) is 159 Å². The molecule has 0 aliphatic carbocycles. The molecule has 3 aromatic heterocycles. The van der Waals surface area contributed by atoms with Gasteiger partial charge in [-0.1, -0.05) is 41.9 Å². The average Bonchev–Trinajstić information content (AvgIpc) is 3.85. The van der Waals surface area contributed by atoms with E-state index in [0.717, 1.165) is 43.2 Å². The minimum absolute atomic E-state index is 0.0302. The Bertz CT molecular complexity index is 3050. The third kappa shape index (κ3) is 13.7. The lowest BCUT2D eigenvalue weighted by Gasteiger charge is -2.36. The van der Waals surface area contributed by atoms with Crippen LogP contribution in [0.15, 0.2) is 97.5 Å². The lowest BCUT2D eigenvalue weighted by Crippen LogP contribution is -2.50. The van der Waals surface area contributed by atoms with Gasteiger partial charge < -0.3 is 47.7 Å². The molecule has 0 spiro atoms. The summed E-state index contributed by atoms with van der Waals surface area (Å²) in [5, 5.41) is 11.8. The van der Waals surface area contributed by atoms with Crippen molar-refractivity contribution < 1.29 is 56.9 Å². The molecule has 4 aromatic carbocycles. The van der Waals surface area contributed by atoms with Gasteiger partial charge >= 0.3 is 5.97 Å². The summed E-state index contributed by atoms with van der Waals surface area (Å²) in [6.07, 6.45) is 0.877. The number of nitrogens with zero attached hydrogens (tertiary/aromatic N) is 6. The van der Waals surface area contributed by atoms with Gasteiger partial charge in [0.2, 0.25) is 12.0 Å². The number of rotatable bonds is 21. The Morgan fingerprint density at radius 2 is 1.58 bits per heavy atom. The van der Waals surface area contributed by atoms with Crippen molar-refractivity contribution in [1.82, 2.24) is 29.7 Å². The Kier molecular flexibility index (Phi) is 18.9. The maximum atomic E-state index is 14.4. The van der Waals surface area contributed by atoms with Crippen LogP contribution in [0.1, 0.15) is 16.8 Å². The van der Waals surface area contributed by atoms with Crippen LogP contribution in [0.4, 0.5) is 4.39 Å². The number of ether oxygens (including phenoxy) is 9. The molecule has 400 valence electrons.